The van der Waals surface area contributed by atoms with E-state index < -0.39 is 84.8 Å². The zero-order chi connectivity index (χ0) is 47.6. The average molecular weight is 994 g/mol. The zero-order valence-corrected chi connectivity index (χ0v) is 39.9. The van der Waals surface area contributed by atoms with Crippen LogP contribution in [0.15, 0.2) is 12.7 Å². The van der Waals surface area contributed by atoms with E-state index in [1.54, 1.807) is 0 Å². The first-order valence-electron chi connectivity index (χ1n) is 21.2. The van der Waals surface area contributed by atoms with Crippen molar-refractivity contribution < 1.29 is 80.8 Å². The first kappa shape index (κ1) is 56.2. The van der Waals surface area contributed by atoms with E-state index in [-0.39, 0.29) is 35.9 Å². The fourth-order valence-corrected chi connectivity index (χ4v) is 10.2. The SMILES string of the molecule is CCCCCCCCCCCCCC(O)CSCCNC(=O)CCNC(=O)[C@H](O)C(C)(C)COP(=O)(O)OP(=O)(O)OC[C@H]1O[C@@H](n2cnc3c(N)ncnc32)[C@H](O)[C@@H]1OP(=O)(O)O. The summed E-state index contributed by atoms with van der Waals surface area (Å²) >= 11 is 1.53. The van der Waals surface area contributed by atoms with E-state index in [0.717, 1.165) is 36.5 Å². The van der Waals surface area contributed by atoms with E-state index >= 15 is 0 Å². The summed E-state index contributed by atoms with van der Waals surface area (Å²) in [6.45, 7) is 2.98. The highest BCUT2D eigenvalue weighted by Crippen LogP contribution is 2.61. The molecule has 11 N–H and O–H groups in total. The molecule has 0 aromatic carbocycles. The number of hydrogen-bond donors (Lipinski definition) is 10. The van der Waals surface area contributed by atoms with Crippen LogP contribution in [0.1, 0.15) is 110 Å². The minimum Gasteiger partial charge on any atom is -0.392 e. The van der Waals surface area contributed by atoms with Gasteiger partial charge in [-0.05, 0) is 6.42 Å². The standard InChI is InChI=1S/C36H66N7O17P3S/c1-4-5-6-7-8-9-10-11-12-13-14-15-25(44)21-64-19-18-38-27(45)16-17-39-34(48)31(47)36(2,3)22-57-63(54,55)60-62(52,53)56-20-26-30(59-61(49,50)51)29(46)35(58-26)43-24-42-28-32(37)40-23-41-33(28)43/h23-26,29-31,35,44,46-47H,4-22H2,1-3H3,(H,38,45)(H,39,48)(H,52,53)(H,54,55)(H2,37,40,41)(H2,49,50,51)/t25?,26-,29-,30-,31+,35-/m1/s1. The van der Waals surface area contributed by atoms with Crippen LogP contribution >= 0.6 is 35.2 Å². The molecule has 1 aliphatic rings. The molecule has 3 rings (SSSR count). The first-order valence-corrected chi connectivity index (χ1v) is 26.9. The van der Waals surface area contributed by atoms with Crippen LogP contribution in [0.4, 0.5) is 5.82 Å². The maximum Gasteiger partial charge on any atom is 0.481 e. The van der Waals surface area contributed by atoms with Gasteiger partial charge in [0, 0.05) is 36.4 Å². The summed E-state index contributed by atoms with van der Waals surface area (Å²) in [7, 11) is -16.4. The summed E-state index contributed by atoms with van der Waals surface area (Å²) in [6, 6.07) is 0. The monoisotopic (exact) mass is 993 g/mol. The van der Waals surface area contributed by atoms with Crippen LogP contribution in [0.2, 0.25) is 0 Å². The molecule has 28 heteroatoms. The van der Waals surface area contributed by atoms with Gasteiger partial charge in [-0.15, -0.1) is 0 Å². The fourth-order valence-electron chi connectivity index (χ4n) is 6.55. The summed E-state index contributed by atoms with van der Waals surface area (Å²) < 4.78 is 62.4. The second kappa shape index (κ2) is 27.0. The number of aliphatic hydroxyl groups excluding tert-OH is 3. The second-order valence-corrected chi connectivity index (χ2v) is 21.5. The lowest BCUT2D eigenvalue weighted by Gasteiger charge is -2.30. The topological polar surface area (TPSA) is 367 Å². The predicted octanol–water partition coefficient (Wildman–Crippen LogP) is 3.20. The Balaban J connectivity index is 1.34. The predicted molar refractivity (Wildman–Crippen MR) is 234 cm³/mol. The van der Waals surface area contributed by atoms with Crippen molar-refractivity contribution in [2.24, 2.45) is 5.41 Å². The zero-order valence-electron chi connectivity index (χ0n) is 36.4. The molecular weight excluding hydrogens is 927 g/mol. The molecule has 64 heavy (non-hydrogen) atoms. The Kier molecular flexibility index (Phi) is 23.7. The van der Waals surface area contributed by atoms with Gasteiger partial charge in [-0.2, -0.15) is 16.1 Å². The number of nitrogens with one attached hydrogen (secondary N) is 2. The number of imidazole rings is 1. The molecule has 3 heterocycles. The molecule has 1 fully saturated rings. The van der Waals surface area contributed by atoms with Crippen molar-refractivity contribution >= 4 is 64.0 Å². The molecule has 2 aromatic rings. The minimum atomic E-state index is -5.57. The van der Waals surface area contributed by atoms with Gasteiger partial charge in [0.2, 0.25) is 11.8 Å². The van der Waals surface area contributed by atoms with Crippen LogP contribution in [0.3, 0.4) is 0 Å². The molecule has 368 valence electrons. The number of anilines is 1. The number of ether oxygens (including phenoxy) is 1. The van der Waals surface area contributed by atoms with E-state index in [0.29, 0.717) is 18.1 Å². The van der Waals surface area contributed by atoms with Crippen molar-refractivity contribution in [1.29, 1.82) is 0 Å². The lowest BCUT2D eigenvalue weighted by Crippen LogP contribution is -2.46. The van der Waals surface area contributed by atoms with Crippen molar-refractivity contribution in [3.63, 3.8) is 0 Å². The number of nitrogens with two attached hydrogens (primary N) is 1. The minimum absolute atomic E-state index is 0.0363. The molecule has 0 spiro atoms. The largest absolute Gasteiger partial charge is 0.481 e. The van der Waals surface area contributed by atoms with Gasteiger partial charge in [0.1, 0.15) is 36.3 Å². The maximum absolute atomic E-state index is 12.7. The van der Waals surface area contributed by atoms with E-state index in [4.69, 9.17) is 19.5 Å². The van der Waals surface area contributed by atoms with Crippen molar-refractivity contribution in [3.05, 3.63) is 12.7 Å². The molecule has 1 saturated heterocycles. The number of rotatable bonds is 33. The number of unbranched alkanes of at least 4 members (excludes halogenated alkanes) is 10. The molecule has 0 aliphatic carbocycles. The average Bonchev–Trinajstić information content (AvgIpc) is 3.77. The number of carbonyl (C=O) groups is 2. The van der Waals surface area contributed by atoms with Crippen LogP contribution in [-0.2, 0) is 45.9 Å². The summed E-state index contributed by atoms with van der Waals surface area (Å²) in [5.74, 6) is -0.194. The van der Waals surface area contributed by atoms with Crippen LogP contribution in [0.25, 0.3) is 11.2 Å². The van der Waals surface area contributed by atoms with E-state index in [1.807, 2.05) is 0 Å². The lowest BCUT2D eigenvalue weighted by molar-refractivity contribution is -0.137. The number of nitrogen functional groups attached to an aromatic ring is 1. The molecule has 0 saturated carbocycles. The second-order valence-electron chi connectivity index (χ2n) is 16.1. The van der Waals surface area contributed by atoms with Gasteiger partial charge >= 0.3 is 23.5 Å². The Morgan fingerprint density at radius 3 is 2.19 bits per heavy atom. The highest BCUT2D eigenvalue weighted by Gasteiger charge is 2.50. The third-order valence-electron chi connectivity index (χ3n) is 10.1. The van der Waals surface area contributed by atoms with Gasteiger partial charge in [-0.3, -0.25) is 27.7 Å². The molecule has 0 radical (unpaired) electrons. The highest BCUT2D eigenvalue weighted by molar-refractivity contribution is 7.99. The molecule has 8 atom stereocenters. The third kappa shape index (κ3) is 20.0. The van der Waals surface area contributed by atoms with E-state index in [9.17, 15) is 58.2 Å². The van der Waals surface area contributed by atoms with Gasteiger partial charge in [0.15, 0.2) is 17.7 Å². The first-order chi connectivity index (χ1) is 30.1. The smallest absolute Gasteiger partial charge is 0.392 e. The van der Waals surface area contributed by atoms with Gasteiger partial charge in [-0.25, -0.2) is 28.6 Å². The van der Waals surface area contributed by atoms with Crippen LogP contribution < -0.4 is 16.4 Å². The van der Waals surface area contributed by atoms with Crippen LogP contribution in [-0.4, -0.2) is 135 Å². The highest BCUT2D eigenvalue weighted by atomic mass is 32.2. The number of phosphoric acid groups is 3. The number of hydrogen-bond acceptors (Lipinski definition) is 18. The third-order valence-corrected chi connectivity index (χ3v) is 14.3. The summed E-state index contributed by atoms with van der Waals surface area (Å²) in [5, 5.41) is 36.9. The molecule has 2 aromatic heterocycles. The number of fused-ring (bicyclic) bond motifs is 1. The number of aromatic nitrogens is 4. The fraction of sp³-hybridized carbons (Fsp3) is 0.806. The van der Waals surface area contributed by atoms with E-state index in [1.165, 1.54) is 83.4 Å². The lowest BCUT2D eigenvalue weighted by atomic mass is 9.87. The van der Waals surface area contributed by atoms with Crippen molar-refractivity contribution in [3.8, 4) is 0 Å². The quantitative estimate of drug-likeness (QED) is 0.0362. The number of carbonyl (C=O) groups excluding carboxylic acids is 2. The van der Waals surface area contributed by atoms with Gasteiger partial charge < -0.3 is 56.0 Å². The Morgan fingerprint density at radius 1 is 0.922 bits per heavy atom. The Bertz CT molecular complexity index is 1900. The number of nitrogens with zero attached hydrogens (tertiary/aromatic N) is 4. The summed E-state index contributed by atoms with van der Waals surface area (Å²) in [4.78, 5) is 76.1. The summed E-state index contributed by atoms with van der Waals surface area (Å²) in [5.41, 5.74) is 4.31. The molecule has 3 unspecified atom stereocenters. The van der Waals surface area contributed by atoms with Gasteiger partial charge in [-0.1, -0.05) is 91.4 Å². The number of phosphoric ester groups is 3. The van der Waals surface area contributed by atoms with E-state index in [2.05, 4.69) is 41.3 Å². The number of thioether (sulfide) groups is 1. The molecule has 0 bridgehead atoms. The Labute approximate surface area is 376 Å². The summed E-state index contributed by atoms with van der Waals surface area (Å²) in [6.07, 6.45) is 7.20. The van der Waals surface area contributed by atoms with Crippen molar-refractivity contribution in [2.75, 3.05) is 43.5 Å². The normalized spacial score (nSPS) is 21.0. The number of amides is 2. The van der Waals surface area contributed by atoms with Crippen molar-refractivity contribution in [1.82, 2.24) is 30.2 Å². The van der Waals surface area contributed by atoms with Crippen molar-refractivity contribution in [2.45, 2.75) is 141 Å². The molecular formula is C36H66N7O17P3S. The number of aliphatic hydroxyl groups is 3. The Morgan fingerprint density at radius 2 is 1.55 bits per heavy atom. The van der Waals surface area contributed by atoms with Crippen LogP contribution in [0, 0.1) is 5.41 Å². The Hall–Kier alpha value is -2.15. The molecule has 2 amide bonds. The van der Waals surface area contributed by atoms with Gasteiger partial charge in [0.25, 0.3) is 0 Å². The molecule has 1 aliphatic heterocycles. The van der Waals surface area contributed by atoms with Crippen LogP contribution in [0.5, 0.6) is 0 Å². The maximum atomic E-state index is 12.7. The molecule has 24 nitrogen and oxygen atoms in total. The van der Waals surface area contributed by atoms with Gasteiger partial charge in [0.05, 0.1) is 25.6 Å².